The first-order valence-corrected chi connectivity index (χ1v) is 8.96. The largest absolute Gasteiger partial charge is 0.493 e. The van der Waals surface area contributed by atoms with Gasteiger partial charge in [-0.25, -0.2) is 4.39 Å². The summed E-state index contributed by atoms with van der Waals surface area (Å²) in [6, 6.07) is 11.1. The van der Waals surface area contributed by atoms with Crippen LogP contribution in [-0.4, -0.2) is 25.2 Å². The molecule has 0 bridgehead atoms. The first-order valence-electron chi connectivity index (χ1n) is 8.96. The van der Waals surface area contributed by atoms with E-state index in [0.717, 1.165) is 5.56 Å². The number of benzene rings is 2. The molecule has 6 heteroatoms. The summed E-state index contributed by atoms with van der Waals surface area (Å²) in [5.74, 6) is 1.15. The molecule has 2 aromatic carbocycles. The minimum atomic E-state index is -0.652. The third kappa shape index (κ3) is 6.16. The van der Waals surface area contributed by atoms with Crippen LogP contribution in [0.2, 0.25) is 0 Å². The van der Waals surface area contributed by atoms with Gasteiger partial charge in [-0.05, 0) is 62.2 Å². The number of rotatable bonds is 9. The summed E-state index contributed by atoms with van der Waals surface area (Å²) in [6.45, 7) is 6.08. The van der Waals surface area contributed by atoms with Gasteiger partial charge in [0.1, 0.15) is 11.6 Å². The minimum Gasteiger partial charge on any atom is -0.493 e. The van der Waals surface area contributed by atoms with Gasteiger partial charge in [-0.15, -0.1) is 0 Å². The van der Waals surface area contributed by atoms with E-state index in [-0.39, 0.29) is 17.8 Å². The summed E-state index contributed by atoms with van der Waals surface area (Å²) in [6.07, 6.45) is -0.118. The van der Waals surface area contributed by atoms with Crippen LogP contribution in [0.4, 0.5) is 4.39 Å². The Morgan fingerprint density at radius 3 is 2.37 bits per heavy atom. The molecule has 1 atom stereocenters. The van der Waals surface area contributed by atoms with Crippen molar-refractivity contribution in [3.63, 3.8) is 0 Å². The van der Waals surface area contributed by atoms with E-state index in [9.17, 15) is 9.18 Å². The molecule has 0 unspecified atom stereocenters. The maximum absolute atomic E-state index is 13.0. The minimum absolute atomic E-state index is 0.0402. The molecule has 0 saturated carbocycles. The molecule has 0 aliphatic rings. The normalized spacial score (nSPS) is 11.8. The van der Waals surface area contributed by atoms with Crippen molar-refractivity contribution in [3.8, 4) is 17.2 Å². The Bertz CT molecular complexity index is 746. The smallest absolute Gasteiger partial charge is 0.261 e. The Morgan fingerprint density at radius 2 is 1.78 bits per heavy atom. The first kappa shape index (κ1) is 20.6. The number of methoxy groups -OCH3 is 1. The molecule has 0 fully saturated rings. The van der Waals surface area contributed by atoms with Crippen LogP contribution in [0.1, 0.15) is 32.8 Å². The van der Waals surface area contributed by atoms with Crippen LogP contribution in [0, 0.1) is 5.82 Å². The third-order valence-corrected chi connectivity index (χ3v) is 3.81. The number of nitrogens with one attached hydrogen (secondary N) is 1. The van der Waals surface area contributed by atoms with Crippen molar-refractivity contribution in [1.82, 2.24) is 5.32 Å². The number of hydrogen-bond acceptors (Lipinski definition) is 4. The van der Waals surface area contributed by atoms with Gasteiger partial charge in [-0.3, -0.25) is 4.79 Å². The fourth-order valence-electron chi connectivity index (χ4n) is 2.48. The van der Waals surface area contributed by atoms with Crippen LogP contribution in [-0.2, 0) is 11.3 Å². The maximum atomic E-state index is 13.0. The van der Waals surface area contributed by atoms with E-state index < -0.39 is 6.10 Å². The maximum Gasteiger partial charge on any atom is 0.261 e. The highest BCUT2D eigenvalue weighted by Gasteiger charge is 2.18. The Morgan fingerprint density at radius 1 is 1.07 bits per heavy atom. The Hall–Kier alpha value is -2.76. The second-order valence-electron chi connectivity index (χ2n) is 6.34. The van der Waals surface area contributed by atoms with Crippen molar-refractivity contribution >= 4 is 5.91 Å². The number of ether oxygens (including phenoxy) is 3. The van der Waals surface area contributed by atoms with Crippen molar-refractivity contribution in [2.75, 3.05) is 7.11 Å². The number of hydrogen-bond donors (Lipinski definition) is 1. The van der Waals surface area contributed by atoms with Crippen molar-refractivity contribution in [2.24, 2.45) is 0 Å². The van der Waals surface area contributed by atoms with Crippen LogP contribution < -0.4 is 19.5 Å². The quantitative estimate of drug-likeness (QED) is 0.717. The molecule has 0 saturated heterocycles. The molecule has 2 rings (SSSR count). The molecule has 146 valence electrons. The first-order chi connectivity index (χ1) is 12.9. The number of amides is 1. The highest BCUT2D eigenvalue weighted by molar-refractivity contribution is 5.81. The fourth-order valence-corrected chi connectivity index (χ4v) is 2.48. The lowest BCUT2D eigenvalue weighted by Crippen LogP contribution is -2.37. The number of halogens is 1. The molecular weight excluding hydrogens is 349 g/mol. The number of carbonyl (C=O) groups excluding carboxylic acids is 1. The predicted octanol–water partition coefficient (Wildman–Crippen LogP) is 4.10. The highest BCUT2D eigenvalue weighted by Crippen LogP contribution is 2.29. The molecule has 0 spiro atoms. The van der Waals surface area contributed by atoms with Gasteiger partial charge in [-0.1, -0.05) is 13.0 Å². The summed E-state index contributed by atoms with van der Waals surface area (Å²) in [7, 11) is 1.58. The third-order valence-electron chi connectivity index (χ3n) is 3.81. The van der Waals surface area contributed by atoms with Crippen LogP contribution >= 0.6 is 0 Å². The highest BCUT2D eigenvalue weighted by atomic mass is 19.1. The summed E-state index contributed by atoms with van der Waals surface area (Å²) in [5, 5.41) is 2.86. The van der Waals surface area contributed by atoms with E-state index in [1.54, 1.807) is 7.11 Å². The van der Waals surface area contributed by atoms with Gasteiger partial charge in [0.05, 0.1) is 13.2 Å². The SMILES string of the molecule is CC[C@H](Oc1ccc(F)cc1)C(=O)NCc1ccc(OC(C)C)c(OC)c1. The van der Waals surface area contributed by atoms with Gasteiger partial charge in [0, 0.05) is 6.54 Å². The molecule has 5 nitrogen and oxygen atoms in total. The van der Waals surface area contributed by atoms with Crippen molar-refractivity contribution < 1.29 is 23.4 Å². The molecule has 0 radical (unpaired) electrons. The summed E-state index contributed by atoms with van der Waals surface area (Å²) in [4.78, 5) is 12.4. The van der Waals surface area contributed by atoms with Crippen molar-refractivity contribution in [2.45, 2.75) is 45.9 Å². The Kier molecular flexibility index (Phi) is 7.46. The molecule has 0 aliphatic heterocycles. The Labute approximate surface area is 159 Å². The Balaban J connectivity index is 1.97. The van der Waals surface area contributed by atoms with E-state index in [2.05, 4.69) is 5.32 Å². The van der Waals surface area contributed by atoms with Crippen LogP contribution in [0.15, 0.2) is 42.5 Å². The second-order valence-corrected chi connectivity index (χ2v) is 6.34. The second kappa shape index (κ2) is 9.80. The van der Waals surface area contributed by atoms with E-state index in [1.165, 1.54) is 24.3 Å². The van der Waals surface area contributed by atoms with Crippen molar-refractivity contribution in [3.05, 3.63) is 53.8 Å². The standard InChI is InChI=1S/C21H26FNO4/c1-5-18(27-17-9-7-16(22)8-10-17)21(24)23-13-15-6-11-19(26-14(2)3)20(12-15)25-4/h6-12,14,18H,5,13H2,1-4H3,(H,23,24)/t18-/m0/s1. The van der Waals surface area contributed by atoms with Crippen LogP contribution in [0.3, 0.4) is 0 Å². The molecule has 0 aliphatic carbocycles. The van der Waals surface area contributed by atoms with Gasteiger partial charge >= 0.3 is 0 Å². The average Bonchev–Trinajstić information content (AvgIpc) is 2.66. The zero-order chi connectivity index (χ0) is 19.8. The van der Waals surface area contributed by atoms with Crippen molar-refractivity contribution in [1.29, 1.82) is 0 Å². The molecular formula is C21H26FNO4. The monoisotopic (exact) mass is 375 g/mol. The molecule has 1 N–H and O–H groups in total. The molecule has 0 heterocycles. The summed E-state index contributed by atoms with van der Waals surface area (Å²) >= 11 is 0. The van der Waals surface area contributed by atoms with Gasteiger partial charge in [0.25, 0.3) is 5.91 Å². The lowest BCUT2D eigenvalue weighted by Gasteiger charge is -2.18. The number of carbonyl (C=O) groups is 1. The van der Waals surface area contributed by atoms with E-state index in [4.69, 9.17) is 14.2 Å². The zero-order valence-electron chi connectivity index (χ0n) is 16.1. The lowest BCUT2D eigenvalue weighted by atomic mass is 10.2. The van der Waals surface area contributed by atoms with Gasteiger partial charge in [0.15, 0.2) is 17.6 Å². The van der Waals surface area contributed by atoms with Gasteiger partial charge in [0.2, 0.25) is 0 Å². The van der Waals surface area contributed by atoms with E-state index in [0.29, 0.717) is 30.2 Å². The summed E-state index contributed by atoms with van der Waals surface area (Å²) in [5.41, 5.74) is 0.882. The van der Waals surface area contributed by atoms with E-state index >= 15 is 0 Å². The molecule has 2 aromatic rings. The zero-order valence-corrected chi connectivity index (χ0v) is 16.1. The van der Waals surface area contributed by atoms with Gasteiger partial charge < -0.3 is 19.5 Å². The van der Waals surface area contributed by atoms with Crippen LogP contribution in [0.5, 0.6) is 17.2 Å². The fraction of sp³-hybridized carbons (Fsp3) is 0.381. The van der Waals surface area contributed by atoms with Gasteiger partial charge in [-0.2, -0.15) is 0 Å². The molecule has 27 heavy (non-hydrogen) atoms. The predicted molar refractivity (Wildman–Crippen MR) is 102 cm³/mol. The van der Waals surface area contributed by atoms with E-state index in [1.807, 2.05) is 39.0 Å². The molecule has 0 aromatic heterocycles. The average molecular weight is 375 g/mol. The summed E-state index contributed by atoms with van der Waals surface area (Å²) < 4.78 is 29.7. The lowest BCUT2D eigenvalue weighted by molar-refractivity contribution is -0.128. The molecule has 1 amide bonds. The van der Waals surface area contributed by atoms with Crippen LogP contribution in [0.25, 0.3) is 0 Å². The topological polar surface area (TPSA) is 56.8 Å².